The topological polar surface area (TPSA) is 56.7 Å². The molecule has 0 bridgehead atoms. The van der Waals surface area contributed by atoms with Crippen LogP contribution in [-0.2, 0) is 0 Å². The zero-order chi connectivity index (χ0) is 11.5. The predicted molar refractivity (Wildman–Crippen MR) is 63.7 cm³/mol. The molecule has 0 unspecified atom stereocenters. The Labute approximate surface area is 102 Å². The molecular weight excluding hydrogens is 274 g/mol. The van der Waals surface area contributed by atoms with Crippen molar-refractivity contribution < 1.29 is 9.90 Å². The van der Waals surface area contributed by atoms with E-state index in [2.05, 4.69) is 25.8 Å². The molecular formula is C10H12BrN3O2. The van der Waals surface area contributed by atoms with Crippen LogP contribution in [0.4, 0.5) is 10.6 Å². The van der Waals surface area contributed by atoms with Gasteiger partial charge in [0.15, 0.2) is 0 Å². The Hall–Kier alpha value is -1.30. The van der Waals surface area contributed by atoms with Gasteiger partial charge in [-0.3, -0.25) is 0 Å². The number of hydrogen-bond donors (Lipinski definition) is 1. The average Bonchev–Trinajstić information content (AvgIpc) is 2.30. The molecule has 1 saturated heterocycles. The molecule has 16 heavy (non-hydrogen) atoms. The zero-order valence-corrected chi connectivity index (χ0v) is 10.2. The fraction of sp³-hybridized carbons (Fsp3) is 0.400. The van der Waals surface area contributed by atoms with Gasteiger partial charge in [-0.25, -0.2) is 9.78 Å². The second kappa shape index (κ2) is 4.69. The molecule has 1 aromatic rings. The Morgan fingerprint density at radius 2 is 2.00 bits per heavy atom. The number of aromatic nitrogens is 1. The van der Waals surface area contributed by atoms with Crippen LogP contribution in [-0.4, -0.2) is 47.3 Å². The van der Waals surface area contributed by atoms with Crippen LogP contribution in [0.15, 0.2) is 22.8 Å². The van der Waals surface area contributed by atoms with Crippen molar-refractivity contribution in [2.24, 2.45) is 0 Å². The number of rotatable bonds is 1. The molecule has 1 aliphatic rings. The van der Waals surface area contributed by atoms with Crippen LogP contribution in [0, 0.1) is 0 Å². The molecule has 1 aromatic heterocycles. The monoisotopic (exact) mass is 285 g/mol. The maximum atomic E-state index is 10.7. The fourth-order valence-corrected chi connectivity index (χ4v) is 1.92. The van der Waals surface area contributed by atoms with Crippen molar-refractivity contribution >= 4 is 27.8 Å². The van der Waals surface area contributed by atoms with Gasteiger partial charge < -0.3 is 14.9 Å². The number of piperazine rings is 1. The highest BCUT2D eigenvalue weighted by molar-refractivity contribution is 9.10. The van der Waals surface area contributed by atoms with Crippen LogP contribution < -0.4 is 4.90 Å². The third-order valence-corrected chi connectivity index (χ3v) is 3.06. The Bertz CT molecular complexity index is 374. The summed E-state index contributed by atoms with van der Waals surface area (Å²) in [6.07, 6.45) is 0.905. The molecule has 0 saturated carbocycles. The molecule has 86 valence electrons. The molecule has 5 nitrogen and oxygen atoms in total. The Kier molecular flexibility index (Phi) is 3.28. The highest BCUT2D eigenvalue weighted by Gasteiger charge is 2.20. The lowest BCUT2D eigenvalue weighted by atomic mass is 10.3. The lowest BCUT2D eigenvalue weighted by Crippen LogP contribution is -2.48. The van der Waals surface area contributed by atoms with Gasteiger partial charge in [-0.2, -0.15) is 0 Å². The quantitative estimate of drug-likeness (QED) is 0.852. The van der Waals surface area contributed by atoms with Crippen LogP contribution >= 0.6 is 15.9 Å². The molecule has 1 amide bonds. The number of carboxylic acid groups (broad SMARTS) is 1. The first-order chi connectivity index (χ1) is 7.66. The van der Waals surface area contributed by atoms with Crippen molar-refractivity contribution in [1.82, 2.24) is 9.88 Å². The largest absolute Gasteiger partial charge is 0.465 e. The lowest BCUT2D eigenvalue weighted by molar-refractivity contribution is 0.142. The summed E-state index contributed by atoms with van der Waals surface area (Å²) >= 11 is 3.33. The Morgan fingerprint density at radius 3 is 2.50 bits per heavy atom. The Morgan fingerprint density at radius 1 is 1.31 bits per heavy atom. The van der Waals surface area contributed by atoms with Crippen molar-refractivity contribution in [3.63, 3.8) is 0 Å². The van der Waals surface area contributed by atoms with Gasteiger partial charge in [-0.05, 0) is 28.1 Å². The third-order valence-electron chi connectivity index (χ3n) is 2.59. The summed E-state index contributed by atoms with van der Waals surface area (Å²) in [7, 11) is 0. The van der Waals surface area contributed by atoms with Crippen LogP contribution in [0.1, 0.15) is 0 Å². The molecule has 0 aliphatic carbocycles. The number of carbonyl (C=O) groups is 1. The SMILES string of the molecule is O=C(O)N1CCN(c2ccc(Br)cn2)CC1. The summed E-state index contributed by atoms with van der Waals surface area (Å²) < 4.78 is 0.945. The first-order valence-corrected chi connectivity index (χ1v) is 5.80. The van der Waals surface area contributed by atoms with E-state index >= 15 is 0 Å². The number of hydrogen-bond acceptors (Lipinski definition) is 3. The van der Waals surface area contributed by atoms with E-state index < -0.39 is 6.09 Å². The molecule has 0 aromatic carbocycles. The van der Waals surface area contributed by atoms with Gasteiger partial charge in [0.1, 0.15) is 5.82 Å². The standard InChI is InChI=1S/C10H12BrN3O2/c11-8-1-2-9(12-7-8)13-3-5-14(6-4-13)10(15)16/h1-2,7H,3-6H2,(H,15,16). The molecule has 6 heteroatoms. The van der Waals surface area contributed by atoms with Crippen molar-refractivity contribution in [1.29, 1.82) is 0 Å². The second-order valence-electron chi connectivity index (χ2n) is 3.59. The second-order valence-corrected chi connectivity index (χ2v) is 4.51. The molecule has 1 aliphatic heterocycles. The van der Waals surface area contributed by atoms with Crippen molar-refractivity contribution in [3.05, 3.63) is 22.8 Å². The highest BCUT2D eigenvalue weighted by Crippen LogP contribution is 2.16. The van der Waals surface area contributed by atoms with Crippen molar-refractivity contribution in [2.45, 2.75) is 0 Å². The molecule has 2 rings (SSSR count). The van der Waals surface area contributed by atoms with Crippen LogP contribution in [0.25, 0.3) is 0 Å². The lowest BCUT2D eigenvalue weighted by Gasteiger charge is -2.33. The van der Waals surface area contributed by atoms with Gasteiger partial charge in [0, 0.05) is 36.8 Å². The number of amides is 1. The normalized spacial score (nSPS) is 16.3. The summed E-state index contributed by atoms with van der Waals surface area (Å²) in [5.41, 5.74) is 0. The zero-order valence-electron chi connectivity index (χ0n) is 8.64. The van der Waals surface area contributed by atoms with Crippen LogP contribution in [0.3, 0.4) is 0 Å². The Balaban J connectivity index is 1.99. The molecule has 1 N–H and O–H groups in total. The van der Waals surface area contributed by atoms with Gasteiger partial charge in [-0.15, -0.1) is 0 Å². The van der Waals surface area contributed by atoms with E-state index in [1.807, 2.05) is 12.1 Å². The first kappa shape index (κ1) is 11.2. The van der Waals surface area contributed by atoms with E-state index in [1.165, 1.54) is 4.90 Å². The number of anilines is 1. The minimum absolute atomic E-state index is 0.535. The fourth-order valence-electron chi connectivity index (χ4n) is 1.68. The first-order valence-electron chi connectivity index (χ1n) is 5.01. The third kappa shape index (κ3) is 2.44. The summed E-state index contributed by atoms with van der Waals surface area (Å²) in [6.45, 7) is 2.46. The van der Waals surface area contributed by atoms with E-state index in [0.717, 1.165) is 10.3 Å². The highest BCUT2D eigenvalue weighted by atomic mass is 79.9. The summed E-state index contributed by atoms with van der Waals surface area (Å²) in [4.78, 5) is 18.5. The van der Waals surface area contributed by atoms with E-state index in [0.29, 0.717) is 26.2 Å². The molecule has 2 heterocycles. The average molecular weight is 286 g/mol. The predicted octanol–water partition coefficient (Wildman–Crippen LogP) is 1.64. The van der Waals surface area contributed by atoms with Gasteiger partial charge in [0.05, 0.1) is 0 Å². The smallest absolute Gasteiger partial charge is 0.407 e. The summed E-state index contributed by atoms with van der Waals surface area (Å²) in [6, 6.07) is 3.87. The minimum Gasteiger partial charge on any atom is -0.465 e. The number of pyridine rings is 1. The van der Waals surface area contributed by atoms with E-state index in [-0.39, 0.29) is 0 Å². The molecule has 1 fully saturated rings. The molecule has 0 radical (unpaired) electrons. The number of nitrogens with zero attached hydrogens (tertiary/aromatic N) is 3. The maximum absolute atomic E-state index is 10.7. The molecule has 0 atom stereocenters. The summed E-state index contributed by atoms with van der Waals surface area (Å²) in [5.74, 6) is 0.897. The van der Waals surface area contributed by atoms with E-state index in [4.69, 9.17) is 5.11 Å². The molecule has 0 spiro atoms. The van der Waals surface area contributed by atoms with Gasteiger partial charge >= 0.3 is 6.09 Å². The van der Waals surface area contributed by atoms with Crippen molar-refractivity contribution in [3.8, 4) is 0 Å². The number of halogens is 1. The van der Waals surface area contributed by atoms with Crippen LogP contribution in [0.5, 0.6) is 0 Å². The van der Waals surface area contributed by atoms with Crippen LogP contribution in [0.2, 0.25) is 0 Å². The maximum Gasteiger partial charge on any atom is 0.407 e. The van der Waals surface area contributed by atoms with Gasteiger partial charge in [0.2, 0.25) is 0 Å². The van der Waals surface area contributed by atoms with E-state index in [9.17, 15) is 4.79 Å². The van der Waals surface area contributed by atoms with E-state index in [1.54, 1.807) is 6.20 Å². The summed E-state index contributed by atoms with van der Waals surface area (Å²) in [5, 5.41) is 8.82. The van der Waals surface area contributed by atoms with Gasteiger partial charge in [-0.1, -0.05) is 0 Å². The minimum atomic E-state index is -0.844. The van der Waals surface area contributed by atoms with Gasteiger partial charge in [0.25, 0.3) is 0 Å². The van der Waals surface area contributed by atoms with Crippen molar-refractivity contribution in [2.75, 3.05) is 31.1 Å².